The van der Waals surface area contributed by atoms with Crippen molar-refractivity contribution >= 4 is 40.1 Å². The van der Waals surface area contributed by atoms with E-state index in [1.54, 1.807) is 26.2 Å². The highest BCUT2D eigenvalue weighted by Crippen LogP contribution is 2.25. The summed E-state index contributed by atoms with van der Waals surface area (Å²) in [6, 6.07) is 3.73. The van der Waals surface area contributed by atoms with E-state index in [1.807, 2.05) is 23.6 Å². The number of nitrogens with one attached hydrogen (secondary N) is 1. The molecule has 1 amide bonds. The number of hydrogen-bond donors (Lipinski definition) is 1. The molecule has 9 nitrogen and oxygen atoms in total. The van der Waals surface area contributed by atoms with E-state index in [4.69, 9.17) is 4.74 Å². The Hall–Kier alpha value is -2.79. The summed E-state index contributed by atoms with van der Waals surface area (Å²) in [6.45, 7) is 6.39. The molecule has 0 aromatic carbocycles. The van der Waals surface area contributed by atoms with E-state index in [2.05, 4.69) is 25.5 Å². The molecule has 0 saturated heterocycles. The third kappa shape index (κ3) is 4.98. The predicted octanol–water partition coefficient (Wildman–Crippen LogP) is 3.03. The van der Waals surface area contributed by atoms with Gasteiger partial charge in [-0.05, 0) is 32.9 Å². The monoisotopic (exact) mass is 432 g/mol. The van der Waals surface area contributed by atoms with Crippen LogP contribution in [0, 0.1) is 6.92 Å². The van der Waals surface area contributed by atoms with Gasteiger partial charge in [-0.1, -0.05) is 23.1 Å². The number of thioether (sulfide) groups is 1. The minimum absolute atomic E-state index is 0.141. The van der Waals surface area contributed by atoms with Gasteiger partial charge in [0.25, 0.3) is 0 Å². The number of aryl methyl sites for hydroxylation is 1. The predicted molar refractivity (Wildman–Crippen MR) is 111 cm³/mol. The minimum Gasteiger partial charge on any atom is -0.462 e. The standard InChI is InChI=1S/C18H20N6O3S2/c1-4-24-15(12-6-8-19-9-7-12)22-23-18(24)28-10-13(25)21-17-20-11(3)14(29-17)16(26)27-5-2/h6-9H,4-5,10H2,1-3H3,(H,20,21,25). The molecule has 0 saturated carbocycles. The maximum atomic E-state index is 12.3. The first-order valence-corrected chi connectivity index (χ1v) is 10.7. The van der Waals surface area contributed by atoms with Gasteiger partial charge in [0, 0.05) is 24.5 Å². The summed E-state index contributed by atoms with van der Waals surface area (Å²) in [7, 11) is 0. The third-order valence-corrected chi connectivity index (χ3v) is 5.83. The van der Waals surface area contributed by atoms with Gasteiger partial charge in [-0.2, -0.15) is 0 Å². The number of rotatable bonds is 8. The molecule has 3 rings (SSSR count). The van der Waals surface area contributed by atoms with Crippen LogP contribution in [-0.2, 0) is 16.1 Å². The van der Waals surface area contributed by atoms with Gasteiger partial charge in [0.05, 0.1) is 18.1 Å². The van der Waals surface area contributed by atoms with Crippen LogP contribution in [0.1, 0.15) is 29.2 Å². The van der Waals surface area contributed by atoms with Crippen molar-refractivity contribution in [3.05, 3.63) is 35.1 Å². The number of nitrogens with zero attached hydrogens (tertiary/aromatic N) is 5. The van der Waals surface area contributed by atoms with Crippen molar-refractivity contribution in [2.24, 2.45) is 0 Å². The molecule has 3 aromatic heterocycles. The van der Waals surface area contributed by atoms with Crippen molar-refractivity contribution in [2.75, 3.05) is 17.7 Å². The molecule has 29 heavy (non-hydrogen) atoms. The number of thiazole rings is 1. The highest BCUT2D eigenvalue weighted by molar-refractivity contribution is 7.99. The Bertz CT molecular complexity index is 1000. The lowest BCUT2D eigenvalue weighted by Gasteiger charge is -2.07. The van der Waals surface area contributed by atoms with Crippen molar-refractivity contribution in [3.8, 4) is 11.4 Å². The van der Waals surface area contributed by atoms with E-state index in [0.29, 0.717) is 27.4 Å². The molecule has 0 atom stereocenters. The lowest BCUT2D eigenvalue weighted by Crippen LogP contribution is -2.14. The smallest absolute Gasteiger partial charge is 0.350 e. The lowest BCUT2D eigenvalue weighted by atomic mass is 10.2. The largest absolute Gasteiger partial charge is 0.462 e. The van der Waals surface area contributed by atoms with Crippen LogP contribution < -0.4 is 5.32 Å². The first-order valence-electron chi connectivity index (χ1n) is 8.94. The van der Waals surface area contributed by atoms with Crippen LogP contribution in [-0.4, -0.2) is 49.0 Å². The summed E-state index contributed by atoms with van der Waals surface area (Å²) < 4.78 is 6.93. The molecule has 3 aromatic rings. The summed E-state index contributed by atoms with van der Waals surface area (Å²) in [5.74, 6) is 0.196. The second-order valence-corrected chi connectivity index (χ2v) is 7.72. The highest BCUT2D eigenvalue weighted by Gasteiger charge is 2.18. The van der Waals surface area contributed by atoms with Gasteiger partial charge in [0.15, 0.2) is 16.1 Å². The van der Waals surface area contributed by atoms with Crippen molar-refractivity contribution < 1.29 is 14.3 Å². The van der Waals surface area contributed by atoms with Gasteiger partial charge in [-0.3, -0.25) is 9.78 Å². The van der Waals surface area contributed by atoms with E-state index < -0.39 is 5.97 Å². The zero-order valence-corrected chi connectivity index (χ0v) is 17.8. The molecule has 0 aliphatic heterocycles. The molecule has 11 heteroatoms. The number of ether oxygens (including phenoxy) is 1. The minimum atomic E-state index is -0.433. The van der Waals surface area contributed by atoms with Gasteiger partial charge in [-0.15, -0.1) is 10.2 Å². The van der Waals surface area contributed by atoms with Gasteiger partial charge in [0.1, 0.15) is 4.88 Å². The van der Waals surface area contributed by atoms with Gasteiger partial charge >= 0.3 is 5.97 Å². The Balaban J connectivity index is 1.64. The summed E-state index contributed by atoms with van der Waals surface area (Å²) >= 11 is 2.39. The third-order valence-electron chi connectivity index (χ3n) is 3.81. The van der Waals surface area contributed by atoms with Gasteiger partial charge in [0.2, 0.25) is 5.91 Å². The molecule has 0 fully saturated rings. The summed E-state index contributed by atoms with van der Waals surface area (Å²) in [5.41, 5.74) is 1.44. The second kappa shape index (κ2) is 9.61. The number of hydrogen-bond acceptors (Lipinski definition) is 9. The Morgan fingerprint density at radius 1 is 1.24 bits per heavy atom. The molecular formula is C18H20N6O3S2. The zero-order chi connectivity index (χ0) is 20.8. The van der Waals surface area contributed by atoms with Crippen molar-refractivity contribution in [1.82, 2.24) is 24.7 Å². The summed E-state index contributed by atoms with van der Waals surface area (Å²) in [4.78, 5) is 32.8. The van der Waals surface area contributed by atoms with E-state index in [0.717, 1.165) is 22.7 Å². The molecule has 0 bridgehead atoms. The molecule has 0 spiro atoms. The SMILES string of the molecule is CCOC(=O)c1sc(NC(=O)CSc2nnc(-c3ccncc3)n2CC)nc1C. The van der Waals surface area contributed by atoms with E-state index in [1.165, 1.54) is 11.8 Å². The summed E-state index contributed by atoms with van der Waals surface area (Å²) in [5, 5.41) is 12.2. The van der Waals surface area contributed by atoms with Crippen molar-refractivity contribution in [1.29, 1.82) is 0 Å². The van der Waals surface area contributed by atoms with Gasteiger partial charge in [-0.25, -0.2) is 9.78 Å². The normalized spacial score (nSPS) is 10.7. The average molecular weight is 433 g/mol. The van der Waals surface area contributed by atoms with Crippen LogP contribution in [0.2, 0.25) is 0 Å². The molecule has 0 aliphatic rings. The van der Waals surface area contributed by atoms with Crippen LogP contribution >= 0.6 is 23.1 Å². The Morgan fingerprint density at radius 2 is 2.00 bits per heavy atom. The lowest BCUT2D eigenvalue weighted by molar-refractivity contribution is -0.113. The van der Waals surface area contributed by atoms with Crippen molar-refractivity contribution in [2.45, 2.75) is 32.5 Å². The molecule has 3 heterocycles. The van der Waals surface area contributed by atoms with E-state index >= 15 is 0 Å². The fraction of sp³-hybridized carbons (Fsp3) is 0.333. The number of esters is 1. The first-order chi connectivity index (χ1) is 14.0. The Labute approximate surface area is 175 Å². The Morgan fingerprint density at radius 3 is 2.69 bits per heavy atom. The second-order valence-electron chi connectivity index (χ2n) is 5.78. The molecule has 1 N–H and O–H groups in total. The number of amides is 1. The van der Waals surface area contributed by atoms with E-state index in [-0.39, 0.29) is 18.3 Å². The molecule has 0 unspecified atom stereocenters. The zero-order valence-electron chi connectivity index (χ0n) is 16.2. The fourth-order valence-corrected chi connectivity index (χ4v) is 4.20. The molecular weight excluding hydrogens is 412 g/mol. The highest BCUT2D eigenvalue weighted by atomic mass is 32.2. The molecule has 0 aliphatic carbocycles. The quantitative estimate of drug-likeness (QED) is 0.427. The van der Waals surface area contributed by atoms with Crippen molar-refractivity contribution in [3.63, 3.8) is 0 Å². The van der Waals surface area contributed by atoms with Gasteiger partial charge < -0.3 is 14.6 Å². The maximum absolute atomic E-state index is 12.3. The number of carbonyl (C=O) groups excluding carboxylic acids is 2. The van der Waals surface area contributed by atoms with Crippen LogP contribution in [0.15, 0.2) is 29.7 Å². The Kier molecular flexibility index (Phi) is 6.94. The number of aromatic nitrogens is 5. The first kappa shape index (κ1) is 20.9. The van der Waals surface area contributed by atoms with E-state index in [9.17, 15) is 9.59 Å². The average Bonchev–Trinajstić information content (AvgIpc) is 3.30. The van der Waals surface area contributed by atoms with Crippen LogP contribution in [0.4, 0.5) is 5.13 Å². The molecule has 152 valence electrons. The number of carbonyl (C=O) groups is 2. The number of pyridine rings is 1. The fourth-order valence-electron chi connectivity index (χ4n) is 2.52. The topological polar surface area (TPSA) is 112 Å². The summed E-state index contributed by atoms with van der Waals surface area (Å²) in [6.07, 6.45) is 3.40. The van der Waals surface area contributed by atoms with Crippen LogP contribution in [0.3, 0.4) is 0 Å². The molecule has 0 radical (unpaired) electrons. The number of anilines is 1. The van der Waals surface area contributed by atoms with Crippen LogP contribution in [0.5, 0.6) is 0 Å². The maximum Gasteiger partial charge on any atom is 0.350 e. The van der Waals surface area contributed by atoms with Crippen LogP contribution in [0.25, 0.3) is 11.4 Å².